The number of aromatic nitrogens is 1. The van der Waals surface area contributed by atoms with Gasteiger partial charge in [-0.05, 0) is 31.5 Å². The second-order valence-electron chi connectivity index (χ2n) is 10.5. The number of carbonyl (C=O) groups is 2. The first-order valence-electron chi connectivity index (χ1n) is 12.4. The van der Waals surface area contributed by atoms with Gasteiger partial charge in [-0.15, -0.1) is 11.8 Å². The van der Waals surface area contributed by atoms with Gasteiger partial charge in [-0.2, -0.15) is 0 Å². The zero-order chi connectivity index (χ0) is 26.7. The van der Waals surface area contributed by atoms with Gasteiger partial charge in [0.2, 0.25) is 11.7 Å². The van der Waals surface area contributed by atoms with E-state index in [1.165, 1.54) is 6.92 Å². The molecular formula is C27H25N5O5S. The third-order valence-corrected chi connectivity index (χ3v) is 9.98. The molecule has 1 aromatic heterocycles. The lowest BCUT2D eigenvalue weighted by Gasteiger charge is -2.44. The summed E-state index contributed by atoms with van der Waals surface area (Å²) in [5.41, 5.74) is 0.763. The van der Waals surface area contributed by atoms with Crippen molar-refractivity contribution < 1.29 is 19.0 Å². The summed E-state index contributed by atoms with van der Waals surface area (Å²) in [5.74, 6) is -0.176. The molecule has 38 heavy (non-hydrogen) atoms. The molecule has 4 aliphatic rings. The zero-order valence-corrected chi connectivity index (χ0v) is 22.1. The summed E-state index contributed by atoms with van der Waals surface area (Å²) >= 11 is 1.65. The summed E-state index contributed by atoms with van der Waals surface area (Å²) < 4.78 is 5.79. The van der Waals surface area contributed by atoms with Crippen molar-refractivity contribution in [3.63, 3.8) is 0 Å². The van der Waals surface area contributed by atoms with E-state index in [9.17, 15) is 19.7 Å². The SMILES string of the molecule is Cc1ccc2c(c1)[C@]1(C(=O)N2C)[C@H](c2onc(C)c2[N+](=O)[O-])C2CSCN2[C@]12C(=O)N(C)c1ccccc12. The fourth-order valence-corrected chi connectivity index (χ4v) is 8.90. The van der Waals surface area contributed by atoms with Crippen LogP contribution in [0.15, 0.2) is 47.0 Å². The molecule has 3 aromatic rings. The van der Waals surface area contributed by atoms with Crippen LogP contribution in [0.2, 0.25) is 0 Å². The topological polar surface area (TPSA) is 113 Å². The Bertz CT molecular complexity index is 1590. The molecule has 1 unspecified atom stereocenters. The van der Waals surface area contributed by atoms with Crippen LogP contribution >= 0.6 is 11.8 Å². The standard InChI is InChI=1S/C27H25N5O5S/c1-14-9-10-19-17(11-14)26(24(33)29(19)3)21(23-22(32(35)36)15(2)28-37-23)20-12-38-13-31(20)27(26)16-7-5-6-8-18(16)30(4)25(27)34/h5-11,20-21H,12-13H2,1-4H3/t20?,21-,26+,27+/m0/s1. The number of benzene rings is 2. The number of hydrogen-bond donors (Lipinski definition) is 0. The van der Waals surface area contributed by atoms with Gasteiger partial charge in [0.1, 0.15) is 11.0 Å². The number of rotatable bonds is 2. The number of carbonyl (C=O) groups excluding carboxylic acids is 2. The van der Waals surface area contributed by atoms with E-state index in [-0.39, 0.29) is 35.0 Å². The van der Waals surface area contributed by atoms with Gasteiger partial charge in [-0.3, -0.25) is 24.6 Å². The van der Waals surface area contributed by atoms with Gasteiger partial charge in [0.15, 0.2) is 5.69 Å². The number of hydrogen-bond acceptors (Lipinski definition) is 8. The molecule has 4 atom stereocenters. The number of amides is 2. The highest BCUT2D eigenvalue weighted by atomic mass is 32.2. The molecule has 0 aliphatic carbocycles. The minimum absolute atomic E-state index is 0.0535. The van der Waals surface area contributed by atoms with E-state index >= 15 is 0 Å². The zero-order valence-electron chi connectivity index (χ0n) is 21.3. The van der Waals surface area contributed by atoms with Crippen LogP contribution in [0, 0.1) is 24.0 Å². The highest BCUT2D eigenvalue weighted by molar-refractivity contribution is 7.99. The molecule has 0 saturated carbocycles. The fraction of sp³-hybridized carbons (Fsp3) is 0.370. The third-order valence-electron chi connectivity index (χ3n) is 8.94. The fourth-order valence-electron chi connectivity index (χ4n) is 7.59. The Balaban J connectivity index is 1.69. The number of para-hydroxylation sites is 1. The molecule has 7 rings (SSSR count). The lowest BCUT2D eigenvalue weighted by Crippen LogP contribution is -2.63. The molecule has 2 spiro atoms. The Kier molecular flexibility index (Phi) is 4.59. The minimum atomic E-state index is -1.51. The smallest absolute Gasteiger partial charge is 0.334 e. The largest absolute Gasteiger partial charge is 0.353 e. The van der Waals surface area contributed by atoms with Crippen LogP contribution in [-0.4, -0.2) is 58.6 Å². The molecule has 5 heterocycles. The molecule has 2 saturated heterocycles. The van der Waals surface area contributed by atoms with Crippen molar-refractivity contribution in [2.24, 2.45) is 0 Å². The molecule has 0 N–H and O–H groups in total. The van der Waals surface area contributed by atoms with Crippen molar-refractivity contribution in [1.82, 2.24) is 10.1 Å². The maximum absolute atomic E-state index is 14.9. The van der Waals surface area contributed by atoms with Crippen LogP contribution in [0.3, 0.4) is 0 Å². The predicted octanol–water partition coefficient (Wildman–Crippen LogP) is 3.46. The van der Waals surface area contributed by atoms with Crippen LogP contribution in [0.25, 0.3) is 0 Å². The third kappa shape index (κ3) is 2.34. The van der Waals surface area contributed by atoms with Gasteiger partial charge in [0.05, 0.1) is 10.8 Å². The van der Waals surface area contributed by atoms with Gasteiger partial charge in [-0.25, -0.2) is 0 Å². The highest BCUT2D eigenvalue weighted by Crippen LogP contribution is 2.71. The van der Waals surface area contributed by atoms with Crippen molar-refractivity contribution in [2.75, 3.05) is 35.5 Å². The number of nitro groups is 1. The van der Waals surface area contributed by atoms with E-state index in [0.29, 0.717) is 22.9 Å². The molecule has 10 nitrogen and oxygen atoms in total. The quantitative estimate of drug-likeness (QED) is 0.365. The summed E-state index contributed by atoms with van der Waals surface area (Å²) in [6, 6.07) is 13.0. The molecule has 194 valence electrons. The first kappa shape index (κ1) is 23.4. The second-order valence-corrected chi connectivity index (χ2v) is 11.5. The van der Waals surface area contributed by atoms with Crippen molar-refractivity contribution >= 4 is 40.6 Å². The van der Waals surface area contributed by atoms with E-state index < -0.39 is 21.8 Å². The Morgan fingerprint density at radius 2 is 1.76 bits per heavy atom. The van der Waals surface area contributed by atoms with Gasteiger partial charge in [0, 0.05) is 48.7 Å². The molecule has 2 amide bonds. The molecule has 2 aromatic carbocycles. The average Bonchev–Trinajstić information content (AvgIpc) is 3.66. The number of likely N-dealkylation sites (N-methyl/N-ethyl adjacent to an activating group) is 2. The van der Waals surface area contributed by atoms with E-state index in [0.717, 1.165) is 16.8 Å². The van der Waals surface area contributed by atoms with Crippen molar-refractivity contribution in [3.8, 4) is 0 Å². The van der Waals surface area contributed by atoms with Crippen LogP contribution in [0.4, 0.5) is 17.1 Å². The first-order chi connectivity index (χ1) is 18.2. The summed E-state index contributed by atoms with van der Waals surface area (Å²) in [4.78, 5) is 46.9. The molecule has 2 fully saturated rings. The number of thioether (sulfide) groups is 1. The molecule has 11 heteroatoms. The normalized spacial score (nSPS) is 29.6. The van der Waals surface area contributed by atoms with Gasteiger partial charge >= 0.3 is 5.69 Å². The van der Waals surface area contributed by atoms with Crippen molar-refractivity contribution in [1.29, 1.82) is 0 Å². The minimum Gasteiger partial charge on any atom is -0.353 e. The summed E-state index contributed by atoms with van der Waals surface area (Å²) in [6.45, 7) is 3.48. The lowest BCUT2D eigenvalue weighted by molar-refractivity contribution is -0.386. The number of fused-ring (bicyclic) bond motifs is 7. The molecule has 0 radical (unpaired) electrons. The van der Waals surface area contributed by atoms with Crippen LogP contribution in [0.1, 0.15) is 34.1 Å². The van der Waals surface area contributed by atoms with Crippen LogP contribution in [0.5, 0.6) is 0 Å². The average molecular weight is 532 g/mol. The Labute approximate surface area is 222 Å². The van der Waals surface area contributed by atoms with Crippen molar-refractivity contribution in [3.05, 3.63) is 80.7 Å². The second kappa shape index (κ2) is 7.45. The van der Waals surface area contributed by atoms with E-state index in [1.54, 1.807) is 35.7 Å². The Morgan fingerprint density at radius 3 is 2.53 bits per heavy atom. The highest BCUT2D eigenvalue weighted by Gasteiger charge is 2.82. The van der Waals surface area contributed by atoms with Gasteiger partial charge in [0.25, 0.3) is 5.91 Å². The number of aryl methyl sites for hydroxylation is 2. The van der Waals surface area contributed by atoms with E-state index in [1.807, 2.05) is 49.4 Å². The van der Waals surface area contributed by atoms with Crippen LogP contribution in [-0.2, 0) is 20.5 Å². The Morgan fingerprint density at radius 1 is 1.05 bits per heavy atom. The Hall–Kier alpha value is -3.70. The summed E-state index contributed by atoms with van der Waals surface area (Å²) in [6.07, 6.45) is 0. The maximum Gasteiger partial charge on any atom is 0.334 e. The lowest BCUT2D eigenvalue weighted by atomic mass is 9.58. The summed E-state index contributed by atoms with van der Waals surface area (Å²) in [7, 11) is 3.44. The number of anilines is 2. The van der Waals surface area contributed by atoms with E-state index in [2.05, 4.69) is 10.1 Å². The van der Waals surface area contributed by atoms with Crippen molar-refractivity contribution in [2.45, 2.75) is 36.8 Å². The van der Waals surface area contributed by atoms with Gasteiger partial charge in [-0.1, -0.05) is 41.1 Å². The van der Waals surface area contributed by atoms with Gasteiger partial charge < -0.3 is 14.3 Å². The van der Waals surface area contributed by atoms with Crippen LogP contribution < -0.4 is 9.80 Å². The monoisotopic (exact) mass is 531 g/mol. The number of nitrogens with zero attached hydrogens (tertiary/aromatic N) is 5. The van der Waals surface area contributed by atoms with E-state index in [4.69, 9.17) is 4.52 Å². The molecular weight excluding hydrogens is 506 g/mol. The maximum atomic E-state index is 14.9. The first-order valence-corrected chi connectivity index (χ1v) is 13.6. The molecule has 4 aliphatic heterocycles. The summed E-state index contributed by atoms with van der Waals surface area (Å²) in [5, 5.41) is 16.3. The molecule has 0 bridgehead atoms. The predicted molar refractivity (Wildman–Crippen MR) is 141 cm³/mol.